The molecule has 3 aliphatic carbocycles. The van der Waals surface area contributed by atoms with Gasteiger partial charge < -0.3 is 10.2 Å². The lowest BCUT2D eigenvalue weighted by atomic mass is 9.88. The summed E-state index contributed by atoms with van der Waals surface area (Å²) in [6.45, 7) is 0.561. The van der Waals surface area contributed by atoms with E-state index in [0.717, 1.165) is 48.8 Å². The van der Waals surface area contributed by atoms with Crippen molar-refractivity contribution in [1.29, 1.82) is 0 Å². The van der Waals surface area contributed by atoms with Gasteiger partial charge in [-0.05, 0) is 67.9 Å². The molecule has 2 heterocycles. The summed E-state index contributed by atoms with van der Waals surface area (Å²) in [5, 5.41) is 3.79. The molecule has 2 saturated carbocycles. The summed E-state index contributed by atoms with van der Waals surface area (Å²) in [6, 6.07) is 0.556. The smallest absolute Gasteiger partial charge is 0.272 e. The molecule has 1 aromatic rings. The molecule has 1 aliphatic heterocycles. The van der Waals surface area contributed by atoms with Gasteiger partial charge in [0.1, 0.15) is 5.69 Å². The second-order valence-electron chi connectivity index (χ2n) is 9.05. The third kappa shape index (κ3) is 3.31. The Balaban J connectivity index is 1.40. The van der Waals surface area contributed by atoms with Crippen LogP contribution in [0.15, 0.2) is 6.20 Å². The Morgan fingerprint density at radius 3 is 2.50 bits per heavy atom. The number of nitrogens with one attached hydrogen (secondary N) is 1. The lowest BCUT2D eigenvalue weighted by molar-refractivity contribution is 0.0763. The Bertz CT molecular complexity index is 884. The van der Waals surface area contributed by atoms with E-state index in [1.807, 2.05) is 6.20 Å². The molecule has 0 radical (unpaired) electrons. The van der Waals surface area contributed by atoms with Gasteiger partial charge in [0.05, 0.1) is 23.4 Å². The highest BCUT2D eigenvalue weighted by Crippen LogP contribution is 2.46. The van der Waals surface area contributed by atoms with Crippen LogP contribution in [0.2, 0.25) is 0 Å². The van der Waals surface area contributed by atoms with Gasteiger partial charge in [-0.1, -0.05) is 6.42 Å². The Morgan fingerprint density at radius 1 is 1.07 bits per heavy atom. The van der Waals surface area contributed by atoms with E-state index in [9.17, 15) is 13.2 Å². The van der Waals surface area contributed by atoms with Crippen molar-refractivity contribution in [3.63, 3.8) is 0 Å². The van der Waals surface area contributed by atoms with Crippen LogP contribution in [-0.4, -0.2) is 54.8 Å². The van der Waals surface area contributed by atoms with Gasteiger partial charge in [0.15, 0.2) is 9.84 Å². The van der Waals surface area contributed by atoms with Gasteiger partial charge in [-0.25, -0.2) is 13.4 Å². The average Bonchev–Trinajstić information content (AvgIpc) is 3.31. The molecular formula is C21H29N3O3S. The molecule has 3 atom stereocenters. The van der Waals surface area contributed by atoms with Crippen LogP contribution in [0.3, 0.4) is 0 Å². The van der Waals surface area contributed by atoms with E-state index < -0.39 is 9.84 Å². The van der Waals surface area contributed by atoms with Crippen molar-refractivity contribution in [3.8, 4) is 0 Å². The maximum absolute atomic E-state index is 13.1. The number of amides is 1. The molecule has 28 heavy (non-hydrogen) atoms. The van der Waals surface area contributed by atoms with Crippen LogP contribution in [-0.2, 0) is 22.7 Å². The molecule has 0 aromatic carbocycles. The maximum Gasteiger partial charge on any atom is 0.272 e. The minimum Gasteiger partial charge on any atom is -0.381 e. The third-order valence-corrected chi connectivity index (χ3v) is 8.92. The van der Waals surface area contributed by atoms with Crippen molar-refractivity contribution in [1.82, 2.24) is 9.88 Å². The number of nitrogens with zero attached hydrogens (tertiary/aromatic N) is 2. The van der Waals surface area contributed by atoms with Crippen molar-refractivity contribution in [3.05, 3.63) is 23.0 Å². The number of hydrogen-bond donors (Lipinski definition) is 1. The fourth-order valence-electron chi connectivity index (χ4n) is 5.74. The van der Waals surface area contributed by atoms with Crippen LogP contribution >= 0.6 is 0 Å². The van der Waals surface area contributed by atoms with Crippen molar-refractivity contribution < 1.29 is 13.2 Å². The highest BCUT2D eigenvalue weighted by molar-refractivity contribution is 7.91. The number of carbonyl (C=O) groups excluding carboxylic acids is 1. The first-order valence-electron chi connectivity index (χ1n) is 10.8. The van der Waals surface area contributed by atoms with Crippen molar-refractivity contribution in [2.24, 2.45) is 11.8 Å². The minimum absolute atomic E-state index is 0.0603. The quantitative estimate of drug-likeness (QED) is 0.839. The van der Waals surface area contributed by atoms with Crippen LogP contribution in [0.1, 0.15) is 60.1 Å². The molecule has 152 valence electrons. The second-order valence-corrected chi connectivity index (χ2v) is 11.4. The number of anilines is 1. The van der Waals surface area contributed by atoms with Crippen LogP contribution in [0.4, 0.5) is 5.69 Å². The number of hydrogen-bond acceptors (Lipinski definition) is 5. The molecule has 1 aromatic heterocycles. The number of sulfone groups is 1. The molecule has 4 aliphatic rings. The Kier molecular flexibility index (Phi) is 4.61. The standard InChI is InChI=1S/C21H29N3O3S/c25-21(24-7-9-28(26,27)10-8-24)20-17-4-2-1-3-16(17)19(13-22-20)23-18-12-14-5-6-15(18)11-14/h13-15,18,23H,1-12H2/t14-,15+,18+/m0/s1. The van der Waals surface area contributed by atoms with Crippen LogP contribution < -0.4 is 5.32 Å². The highest BCUT2D eigenvalue weighted by Gasteiger charge is 2.40. The molecule has 5 rings (SSSR count). The van der Waals surface area contributed by atoms with E-state index in [0.29, 0.717) is 11.7 Å². The van der Waals surface area contributed by atoms with E-state index in [1.165, 1.54) is 31.2 Å². The zero-order valence-electron chi connectivity index (χ0n) is 16.3. The zero-order valence-corrected chi connectivity index (χ0v) is 17.1. The topological polar surface area (TPSA) is 79.4 Å². The SMILES string of the molecule is O=C(c1ncc(N[C@@H]2C[C@H]3CC[C@@H]2C3)c2c1CCCC2)N1CCS(=O)(=O)CC1. The molecule has 0 spiro atoms. The summed E-state index contributed by atoms with van der Waals surface area (Å²) in [6.07, 6.45) is 11.3. The van der Waals surface area contributed by atoms with Gasteiger partial charge in [-0.15, -0.1) is 0 Å². The van der Waals surface area contributed by atoms with Crippen molar-refractivity contribution >= 4 is 21.4 Å². The molecule has 1 N–H and O–H groups in total. The first-order valence-corrected chi connectivity index (χ1v) is 12.6. The highest BCUT2D eigenvalue weighted by atomic mass is 32.2. The van der Waals surface area contributed by atoms with Gasteiger partial charge in [-0.3, -0.25) is 4.79 Å². The Labute approximate surface area is 167 Å². The van der Waals surface area contributed by atoms with Crippen LogP contribution in [0.5, 0.6) is 0 Å². The molecule has 1 amide bonds. The predicted molar refractivity (Wildman–Crippen MR) is 108 cm³/mol. The number of pyridine rings is 1. The van der Waals surface area contributed by atoms with Crippen molar-refractivity contribution in [2.45, 2.75) is 57.4 Å². The first-order chi connectivity index (χ1) is 13.5. The number of rotatable bonds is 3. The second kappa shape index (κ2) is 7.01. The molecular weight excluding hydrogens is 374 g/mol. The van der Waals surface area contributed by atoms with Crippen LogP contribution in [0.25, 0.3) is 0 Å². The molecule has 0 unspecified atom stereocenters. The fraction of sp³-hybridized carbons (Fsp3) is 0.714. The third-order valence-electron chi connectivity index (χ3n) is 7.31. The molecule has 7 heteroatoms. The largest absolute Gasteiger partial charge is 0.381 e. The first kappa shape index (κ1) is 18.4. The molecule has 6 nitrogen and oxygen atoms in total. The van der Waals surface area contributed by atoms with Gasteiger partial charge >= 0.3 is 0 Å². The maximum atomic E-state index is 13.1. The number of fused-ring (bicyclic) bond motifs is 3. The predicted octanol–water partition coefficient (Wildman–Crippen LogP) is 2.43. The lowest BCUT2D eigenvalue weighted by Gasteiger charge is -2.30. The van der Waals surface area contributed by atoms with E-state index in [1.54, 1.807) is 4.90 Å². The summed E-state index contributed by atoms with van der Waals surface area (Å²) < 4.78 is 23.4. The normalized spacial score (nSPS) is 30.9. The minimum atomic E-state index is -3.00. The zero-order chi connectivity index (χ0) is 19.3. The summed E-state index contributed by atoms with van der Waals surface area (Å²) in [7, 11) is -3.00. The monoisotopic (exact) mass is 403 g/mol. The molecule has 3 fully saturated rings. The van der Waals surface area contributed by atoms with Gasteiger partial charge in [0, 0.05) is 19.1 Å². The van der Waals surface area contributed by atoms with E-state index in [4.69, 9.17) is 0 Å². The van der Waals surface area contributed by atoms with Gasteiger partial charge in [0.2, 0.25) is 0 Å². The Morgan fingerprint density at radius 2 is 1.82 bits per heavy atom. The van der Waals surface area contributed by atoms with E-state index >= 15 is 0 Å². The summed E-state index contributed by atoms with van der Waals surface area (Å²) in [4.78, 5) is 19.4. The number of aromatic nitrogens is 1. The van der Waals surface area contributed by atoms with Crippen molar-refractivity contribution in [2.75, 3.05) is 29.9 Å². The average molecular weight is 404 g/mol. The van der Waals surface area contributed by atoms with E-state index in [2.05, 4.69) is 10.3 Å². The van der Waals surface area contributed by atoms with Gasteiger partial charge in [-0.2, -0.15) is 0 Å². The van der Waals surface area contributed by atoms with Gasteiger partial charge in [0.25, 0.3) is 5.91 Å². The molecule has 1 saturated heterocycles. The summed E-state index contributed by atoms with van der Waals surface area (Å²) in [5.74, 6) is 1.71. The number of carbonyl (C=O) groups is 1. The summed E-state index contributed by atoms with van der Waals surface area (Å²) in [5.41, 5.74) is 4.05. The molecule has 2 bridgehead atoms. The van der Waals surface area contributed by atoms with Crippen LogP contribution in [0, 0.1) is 11.8 Å². The Hall–Kier alpha value is -1.63. The summed E-state index contributed by atoms with van der Waals surface area (Å²) >= 11 is 0. The fourth-order valence-corrected chi connectivity index (χ4v) is 6.95. The van der Waals surface area contributed by atoms with E-state index in [-0.39, 0.29) is 30.5 Å². The lowest BCUT2D eigenvalue weighted by Crippen LogP contribution is -2.44.